The summed E-state index contributed by atoms with van der Waals surface area (Å²) >= 11 is 0. The highest BCUT2D eigenvalue weighted by molar-refractivity contribution is 5.97. The van der Waals surface area contributed by atoms with E-state index in [-0.39, 0.29) is 36.5 Å². The molecular weight excluding hydrogens is 843 g/mol. The molecule has 1 aromatic heterocycles. The van der Waals surface area contributed by atoms with Gasteiger partial charge in [-0.15, -0.1) is 0 Å². The molecule has 1 fully saturated rings. The Kier molecular flexibility index (Phi) is 10.7. The Morgan fingerprint density at radius 2 is 1.58 bits per heavy atom. The lowest BCUT2D eigenvalue weighted by atomic mass is 9.76. The Bertz CT molecular complexity index is 3050. The van der Waals surface area contributed by atoms with Gasteiger partial charge >= 0.3 is 0 Å². The smallest absolute Gasteiger partial charge is 0.101 e. The maximum atomic E-state index is 11.7. The summed E-state index contributed by atoms with van der Waals surface area (Å²) in [5, 5.41) is 25.4. The molecule has 350 valence electrons. The Balaban J connectivity index is 1.04. The van der Waals surface area contributed by atoms with Crippen LogP contribution in [0.4, 0.5) is 5.69 Å². The molecule has 0 bridgehead atoms. The fourth-order valence-corrected chi connectivity index (χ4v) is 14.6. The summed E-state index contributed by atoms with van der Waals surface area (Å²) in [7, 11) is 0. The number of aryl methyl sites for hydroxylation is 2. The van der Waals surface area contributed by atoms with Crippen molar-refractivity contribution < 1.29 is 0 Å². The summed E-state index contributed by atoms with van der Waals surface area (Å²) in [5.74, 6) is 1.30. The van der Waals surface area contributed by atoms with Crippen molar-refractivity contribution in [3.63, 3.8) is 0 Å². The minimum absolute atomic E-state index is 0.0409. The lowest BCUT2D eigenvalue weighted by molar-refractivity contribution is 0.162. The predicted molar refractivity (Wildman–Crippen MR) is 282 cm³/mol. The molecule has 7 heteroatoms. The summed E-state index contributed by atoms with van der Waals surface area (Å²) in [5.41, 5.74) is 19.1. The van der Waals surface area contributed by atoms with Crippen molar-refractivity contribution in [1.29, 1.82) is 5.26 Å². The SMILES string of the molecule is CC1=Cc2c(n(-c3cc(N4C5=C(C6C=CC=CC64)C4C(C=C5)C5=C(C=CCC5)N4C4CC=CCC4)c(C#N)cc3C3NC(C4=CCCC=C4)NC(C4CC=CCC4)N3)c3c(C)cc(C)cc23)C(C)C1. The van der Waals surface area contributed by atoms with Gasteiger partial charge in [-0.05, 0) is 150 Å². The Morgan fingerprint density at radius 1 is 0.739 bits per heavy atom. The second-order valence-corrected chi connectivity index (χ2v) is 21.8. The van der Waals surface area contributed by atoms with Gasteiger partial charge in [0.1, 0.15) is 6.07 Å². The van der Waals surface area contributed by atoms with Crippen LogP contribution in [0.5, 0.6) is 0 Å². The Hall–Kier alpha value is -5.91. The zero-order valence-corrected chi connectivity index (χ0v) is 40.9. The van der Waals surface area contributed by atoms with E-state index in [9.17, 15) is 5.26 Å². The molecule has 0 amide bonds. The normalized spacial score (nSPS) is 32.0. The first-order valence-electron chi connectivity index (χ1n) is 26.4. The molecule has 0 saturated carbocycles. The van der Waals surface area contributed by atoms with Crippen LogP contribution in [0, 0.1) is 42.9 Å². The van der Waals surface area contributed by atoms with Crippen LogP contribution < -0.4 is 20.9 Å². The van der Waals surface area contributed by atoms with Crippen LogP contribution in [-0.2, 0) is 0 Å². The first-order chi connectivity index (χ1) is 33.8. The molecule has 10 aliphatic rings. The van der Waals surface area contributed by atoms with Crippen LogP contribution >= 0.6 is 0 Å². The number of nitrogens with zero attached hydrogens (tertiary/aromatic N) is 4. The second kappa shape index (κ2) is 17.2. The first-order valence-corrected chi connectivity index (χ1v) is 26.4. The fraction of sp³-hybridized carbons (Fsp3) is 0.403. The van der Waals surface area contributed by atoms with Crippen molar-refractivity contribution >= 4 is 22.7 Å². The number of aromatic nitrogens is 1. The zero-order chi connectivity index (χ0) is 46.5. The largest absolute Gasteiger partial charge is 0.360 e. The molecule has 0 spiro atoms. The maximum absolute atomic E-state index is 11.7. The van der Waals surface area contributed by atoms with E-state index in [1.165, 1.54) is 67.8 Å². The monoisotopic (exact) mass is 910 g/mol. The van der Waals surface area contributed by atoms with E-state index in [0.717, 1.165) is 86.7 Å². The molecule has 4 heterocycles. The van der Waals surface area contributed by atoms with Gasteiger partial charge in [-0.1, -0.05) is 109 Å². The third kappa shape index (κ3) is 6.99. The van der Waals surface area contributed by atoms with Gasteiger partial charge in [0, 0.05) is 57.4 Å². The topological polar surface area (TPSA) is 71.3 Å². The van der Waals surface area contributed by atoms with Crippen molar-refractivity contribution in [2.24, 2.45) is 17.8 Å². The molecule has 3 aliphatic heterocycles. The van der Waals surface area contributed by atoms with Crippen molar-refractivity contribution in [1.82, 2.24) is 25.4 Å². The third-order valence-electron chi connectivity index (χ3n) is 17.4. The maximum Gasteiger partial charge on any atom is 0.101 e. The molecule has 7 nitrogen and oxygen atoms in total. The van der Waals surface area contributed by atoms with Gasteiger partial charge in [0.05, 0.1) is 53.0 Å². The number of hydrogen-bond acceptors (Lipinski definition) is 6. The van der Waals surface area contributed by atoms with E-state index in [4.69, 9.17) is 0 Å². The molecule has 3 N–H and O–H groups in total. The van der Waals surface area contributed by atoms with Gasteiger partial charge in [-0.25, -0.2) is 0 Å². The Labute approximate surface area is 409 Å². The van der Waals surface area contributed by atoms with E-state index in [0.29, 0.717) is 23.8 Å². The molecule has 1 saturated heterocycles. The lowest BCUT2D eigenvalue weighted by Crippen LogP contribution is -2.66. The van der Waals surface area contributed by atoms with Gasteiger partial charge in [-0.2, -0.15) is 5.26 Å². The number of rotatable bonds is 6. The number of allylic oxidation sites excluding steroid dienone is 11. The number of fused-ring (bicyclic) bond motifs is 8. The van der Waals surface area contributed by atoms with Crippen LogP contribution in [0.2, 0.25) is 0 Å². The minimum Gasteiger partial charge on any atom is -0.360 e. The van der Waals surface area contributed by atoms with Gasteiger partial charge in [0.2, 0.25) is 0 Å². The second-order valence-electron chi connectivity index (χ2n) is 21.8. The third-order valence-corrected chi connectivity index (χ3v) is 17.4. The van der Waals surface area contributed by atoms with E-state index < -0.39 is 0 Å². The van der Waals surface area contributed by atoms with Crippen molar-refractivity contribution in [2.45, 2.75) is 141 Å². The lowest BCUT2D eigenvalue weighted by Gasteiger charge is -2.44. The minimum atomic E-state index is -0.231. The van der Waals surface area contributed by atoms with Gasteiger partial charge in [0.25, 0.3) is 0 Å². The molecule has 13 rings (SSSR count). The highest BCUT2D eigenvalue weighted by Gasteiger charge is 2.52. The van der Waals surface area contributed by atoms with Crippen LogP contribution in [0.15, 0.2) is 149 Å². The van der Waals surface area contributed by atoms with Gasteiger partial charge < -0.3 is 14.4 Å². The van der Waals surface area contributed by atoms with Crippen LogP contribution in [0.25, 0.3) is 22.7 Å². The van der Waals surface area contributed by atoms with E-state index in [1.54, 1.807) is 5.57 Å². The summed E-state index contributed by atoms with van der Waals surface area (Å²) in [6.45, 7) is 9.27. The average molecular weight is 910 g/mol. The molecule has 10 atom stereocenters. The van der Waals surface area contributed by atoms with Crippen molar-refractivity contribution in [3.05, 3.63) is 183 Å². The fourth-order valence-electron chi connectivity index (χ4n) is 14.6. The molecule has 10 unspecified atom stereocenters. The number of hydrogen-bond donors (Lipinski definition) is 3. The number of benzene rings is 2. The van der Waals surface area contributed by atoms with Gasteiger partial charge in [0.15, 0.2) is 0 Å². The van der Waals surface area contributed by atoms with E-state index in [1.807, 2.05) is 0 Å². The molecule has 3 aromatic rings. The van der Waals surface area contributed by atoms with Crippen LogP contribution in [0.1, 0.15) is 130 Å². The summed E-state index contributed by atoms with van der Waals surface area (Å²) < 4.78 is 2.65. The highest BCUT2D eigenvalue weighted by Crippen LogP contribution is 2.55. The quantitative estimate of drug-likeness (QED) is 0.214. The van der Waals surface area contributed by atoms with E-state index in [2.05, 4.69) is 186 Å². The summed E-state index contributed by atoms with van der Waals surface area (Å²) in [6, 6.07) is 13.1. The van der Waals surface area contributed by atoms with Crippen molar-refractivity contribution in [3.8, 4) is 11.8 Å². The Morgan fingerprint density at radius 3 is 2.39 bits per heavy atom. The number of nitriles is 1. The standard InChI is InChI=1S/C62H67N7/c1-37-30-39(3)57-48(32-37)49-33-38(2)31-40(4)58(49)69(57)55-35-54(43(36-63)34-50(55)62-65-60(41-18-8-5-9-19-41)64-61(66-62)42-20-10-6-11-21-42)68-52-27-17-15-25-47(52)56-53(68)29-28-46-45-24-14-16-26-51(45)67(59(46)56)44-22-12-7-13-23-44/h5,7-8,10,12,15-17,20-21,25-30,32-35,40-41,44,46-47,52,59-62,64-66H,6,9,11,13-14,18-19,22-24,31H2,1-4H3. The average Bonchev–Trinajstić information content (AvgIpc) is 4.02. The summed E-state index contributed by atoms with van der Waals surface area (Å²) in [4.78, 5) is 5.46. The van der Waals surface area contributed by atoms with Crippen molar-refractivity contribution in [2.75, 3.05) is 4.90 Å². The molecule has 7 aliphatic carbocycles. The van der Waals surface area contributed by atoms with Gasteiger partial charge in [-0.3, -0.25) is 16.0 Å². The highest BCUT2D eigenvalue weighted by atomic mass is 15.4. The number of nitrogens with one attached hydrogen (secondary N) is 3. The molecule has 69 heavy (non-hydrogen) atoms. The number of anilines is 1. The first kappa shape index (κ1) is 43.1. The molecule has 2 aromatic carbocycles. The molecule has 0 radical (unpaired) electrons. The van der Waals surface area contributed by atoms with Crippen LogP contribution in [-0.4, -0.2) is 39.9 Å². The summed E-state index contributed by atoms with van der Waals surface area (Å²) in [6.07, 6.45) is 50.2. The van der Waals surface area contributed by atoms with E-state index >= 15 is 0 Å². The van der Waals surface area contributed by atoms with Crippen LogP contribution in [0.3, 0.4) is 0 Å². The zero-order valence-electron chi connectivity index (χ0n) is 40.9. The molecular formula is C62H67N7. The predicted octanol–water partition coefficient (Wildman–Crippen LogP) is 12.9.